The van der Waals surface area contributed by atoms with Crippen molar-refractivity contribution in [3.63, 3.8) is 0 Å². The van der Waals surface area contributed by atoms with Crippen LogP contribution >= 0.6 is 0 Å². The Morgan fingerprint density at radius 2 is 1.79 bits per heavy atom. The van der Waals surface area contributed by atoms with E-state index in [2.05, 4.69) is 0 Å². The third kappa shape index (κ3) is 2.74. The van der Waals surface area contributed by atoms with Gasteiger partial charge in [0.25, 0.3) is 0 Å². The Morgan fingerprint density at radius 1 is 1.21 bits per heavy atom. The SMILES string of the molecule is C[C@@H]1CCC[C@H](C)N1S(=O)(=O)c1cc(N)cc(F)c1. The topological polar surface area (TPSA) is 63.4 Å². The molecule has 0 radical (unpaired) electrons. The van der Waals surface area contributed by atoms with Crippen molar-refractivity contribution < 1.29 is 12.8 Å². The summed E-state index contributed by atoms with van der Waals surface area (Å²) in [6.07, 6.45) is 2.67. The lowest BCUT2D eigenvalue weighted by atomic mass is 10.0. The summed E-state index contributed by atoms with van der Waals surface area (Å²) in [4.78, 5) is -0.0643. The second-order valence-corrected chi connectivity index (χ2v) is 7.03. The van der Waals surface area contributed by atoms with E-state index in [1.54, 1.807) is 0 Å². The Labute approximate surface area is 113 Å². The Bertz CT molecular complexity index is 544. The molecule has 6 heteroatoms. The maximum Gasteiger partial charge on any atom is 0.243 e. The molecule has 4 nitrogen and oxygen atoms in total. The minimum Gasteiger partial charge on any atom is -0.399 e. The van der Waals surface area contributed by atoms with Crippen LogP contribution in [0.25, 0.3) is 0 Å². The highest BCUT2D eigenvalue weighted by Crippen LogP contribution is 2.30. The summed E-state index contributed by atoms with van der Waals surface area (Å²) in [5.74, 6) is -0.629. The fraction of sp³-hybridized carbons (Fsp3) is 0.538. The molecule has 0 amide bonds. The van der Waals surface area contributed by atoms with Gasteiger partial charge in [0, 0.05) is 17.8 Å². The average molecular weight is 286 g/mol. The molecule has 106 valence electrons. The van der Waals surface area contributed by atoms with Gasteiger partial charge in [0.2, 0.25) is 10.0 Å². The van der Waals surface area contributed by atoms with Crippen LogP contribution in [0.3, 0.4) is 0 Å². The van der Waals surface area contributed by atoms with Gasteiger partial charge in [-0.1, -0.05) is 6.42 Å². The fourth-order valence-electron chi connectivity index (χ4n) is 2.73. The number of piperidine rings is 1. The molecule has 0 aliphatic carbocycles. The van der Waals surface area contributed by atoms with Crippen molar-refractivity contribution in [3.8, 4) is 0 Å². The molecular weight excluding hydrogens is 267 g/mol. The molecule has 1 aromatic rings. The van der Waals surface area contributed by atoms with Gasteiger partial charge in [0.15, 0.2) is 0 Å². The Kier molecular flexibility index (Phi) is 3.82. The highest BCUT2D eigenvalue weighted by Gasteiger charge is 2.35. The van der Waals surface area contributed by atoms with E-state index >= 15 is 0 Å². The number of benzene rings is 1. The van der Waals surface area contributed by atoms with E-state index in [0.29, 0.717) is 0 Å². The van der Waals surface area contributed by atoms with Crippen molar-refractivity contribution >= 4 is 15.7 Å². The predicted octanol–water partition coefficient (Wildman–Crippen LogP) is 2.36. The number of nitrogens with zero attached hydrogens (tertiary/aromatic N) is 1. The first-order valence-electron chi connectivity index (χ1n) is 6.42. The van der Waals surface area contributed by atoms with E-state index in [0.717, 1.165) is 31.4 Å². The summed E-state index contributed by atoms with van der Waals surface area (Å²) in [6.45, 7) is 3.77. The lowest BCUT2D eigenvalue weighted by Gasteiger charge is -2.37. The number of anilines is 1. The number of nitrogens with two attached hydrogens (primary N) is 1. The normalized spacial score (nSPS) is 25.4. The van der Waals surface area contributed by atoms with Crippen LogP contribution in [-0.2, 0) is 10.0 Å². The van der Waals surface area contributed by atoms with Crippen molar-refractivity contribution in [2.24, 2.45) is 0 Å². The predicted molar refractivity (Wildman–Crippen MR) is 72.6 cm³/mol. The maximum atomic E-state index is 13.4. The second-order valence-electron chi connectivity index (χ2n) is 5.18. The van der Waals surface area contributed by atoms with E-state index in [4.69, 9.17) is 5.73 Å². The van der Waals surface area contributed by atoms with Crippen molar-refractivity contribution in [2.45, 2.75) is 50.1 Å². The molecule has 1 aromatic carbocycles. The molecule has 0 spiro atoms. The van der Waals surface area contributed by atoms with E-state index in [1.807, 2.05) is 13.8 Å². The van der Waals surface area contributed by atoms with Gasteiger partial charge in [-0.2, -0.15) is 4.31 Å². The molecule has 2 atom stereocenters. The molecule has 0 unspecified atom stereocenters. The molecule has 2 rings (SSSR count). The van der Waals surface area contributed by atoms with E-state index < -0.39 is 15.8 Å². The largest absolute Gasteiger partial charge is 0.399 e. The van der Waals surface area contributed by atoms with Crippen molar-refractivity contribution in [3.05, 3.63) is 24.0 Å². The third-order valence-corrected chi connectivity index (χ3v) is 5.69. The Hall–Kier alpha value is -1.14. The van der Waals surface area contributed by atoms with Gasteiger partial charge in [0.05, 0.1) is 4.90 Å². The van der Waals surface area contributed by atoms with Crippen LogP contribution < -0.4 is 5.73 Å². The molecule has 1 fully saturated rings. The van der Waals surface area contributed by atoms with Gasteiger partial charge in [-0.15, -0.1) is 0 Å². The zero-order valence-corrected chi connectivity index (χ0v) is 12.0. The zero-order valence-electron chi connectivity index (χ0n) is 11.1. The van der Waals surface area contributed by atoms with Crippen LogP contribution in [0, 0.1) is 5.82 Å². The summed E-state index contributed by atoms with van der Waals surface area (Å²) < 4.78 is 40.1. The lowest BCUT2D eigenvalue weighted by Crippen LogP contribution is -2.47. The van der Waals surface area contributed by atoms with Crippen LogP contribution in [0.1, 0.15) is 33.1 Å². The molecule has 2 N–H and O–H groups in total. The average Bonchev–Trinajstić information content (AvgIpc) is 2.26. The number of nitrogen functional groups attached to an aromatic ring is 1. The van der Waals surface area contributed by atoms with E-state index in [-0.39, 0.29) is 22.7 Å². The second kappa shape index (κ2) is 5.09. The van der Waals surface area contributed by atoms with Gasteiger partial charge in [-0.3, -0.25) is 0 Å². The maximum absolute atomic E-state index is 13.4. The van der Waals surface area contributed by atoms with Gasteiger partial charge in [-0.25, -0.2) is 12.8 Å². The molecule has 1 aliphatic rings. The number of hydrogen-bond acceptors (Lipinski definition) is 3. The van der Waals surface area contributed by atoms with Crippen LogP contribution in [-0.4, -0.2) is 24.8 Å². The van der Waals surface area contributed by atoms with Crippen molar-refractivity contribution in [1.29, 1.82) is 0 Å². The first-order chi connectivity index (χ1) is 8.82. The smallest absolute Gasteiger partial charge is 0.243 e. The molecule has 1 saturated heterocycles. The summed E-state index contributed by atoms with van der Waals surface area (Å²) in [5, 5.41) is 0. The van der Waals surface area contributed by atoms with Gasteiger partial charge < -0.3 is 5.73 Å². The monoisotopic (exact) mass is 286 g/mol. The summed E-state index contributed by atoms with van der Waals surface area (Å²) in [5.41, 5.74) is 5.65. The number of rotatable bonds is 2. The summed E-state index contributed by atoms with van der Waals surface area (Å²) in [6, 6.07) is 3.31. The fourth-order valence-corrected chi connectivity index (χ4v) is 4.67. The lowest BCUT2D eigenvalue weighted by molar-refractivity contribution is 0.204. The summed E-state index contributed by atoms with van der Waals surface area (Å²) >= 11 is 0. The minimum absolute atomic E-state index is 0.0643. The number of halogens is 1. The molecular formula is C13H19FN2O2S. The summed E-state index contributed by atoms with van der Waals surface area (Å²) in [7, 11) is -3.69. The molecule has 0 saturated carbocycles. The minimum atomic E-state index is -3.69. The van der Waals surface area contributed by atoms with Crippen LogP contribution in [0.15, 0.2) is 23.1 Å². The number of sulfonamides is 1. The molecule has 1 heterocycles. The van der Waals surface area contributed by atoms with Gasteiger partial charge in [0.1, 0.15) is 5.82 Å². The van der Waals surface area contributed by atoms with Gasteiger partial charge in [-0.05, 0) is 44.9 Å². The van der Waals surface area contributed by atoms with E-state index in [1.165, 1.54) is 10.4 Å². The molecule has 19 heavy (non-hydrogen) atoms. The highest BCUT2D eigenvalue weighted by atomic mass is 32.2. The van der Waals surface area contributed by atoms with Crippen LogP contribution in [0.5, 0.6) is 0 Å². The van der Waals surface area contributed by atoms with Crippen LogP contribution in [0.2, 0.25) is 0 Å². The standard InChI is InChI=1S/C13H19FN2O2S/c1-9-4-3-5-10(2)16(9)19(17,18)13-7-11(14)6-12(15)8-13/h6-10H,3-5,15H2,1-2H3/t9-,10+. The van der Waals surface area contributed by atoms with E-state index in [9.17, 15) is 12.8 Å². The number of hydrogen-bond donors (Lipinski definition) is 1. The van der Waals surface area contributed by atoms with Crippen molar-refractivity contribution in [2.75, 3.05) is 5.73 Å². The zero-order chi connectivity index (χ0) is 14.2. The Balaban J connectivity index is 2.46. The van der Waals surface area contributed by atoms with Crippen molar-refractivity contribution in [1.82, 2.24) is 4.31 Å². The highest BCUT2D eigenvalue weighted by molar-refractivity contribution is 7.89. The molecule has 1 aliphatic heterocycles. The van der Waals surface area contributed by atoms with Crippen LogP contribution in [0.4, 0.5) is 10.1 Å². The first kappa shape index (κ1) is 14.3. The molecule has 0 bridgehead atoms. The first-order valence-corrected chi connectivity index (χ1v) is 7.86. The quantitative estimate of drug-likeness (QED) is 0.849. The Morgan fingerprint density at radius 3 is 2.32 bits per heavy atom. The third-order valence-electron chi connectivity index (χ3n) is 3.58. The molecule has 0 aromatic heterocycles. The van der Waals surface area contributed by atoms with Gasteiger partial charge >= 0.3 is 0 Å².